The van der Waals surface area contributed by atoms with E-state index in [4.69, 9.17) is 23.7 Å². The number of ether oxygens (including phenoxy) is 5. The van der Waals surface area contributed by atoms with Crippen molar-refractivity contribution in [3.05, 3.63) is 11.4 Å². The molecule has 2 heterocycles. The fourth-order valence-corrected chi connectivity index (χ4v) is 3.19. The van der Waals surface area contributed by atoms with E-state index in [1.54, 1.807) is 13.8 Å². The van der Waals surface area contributed by atoms with Crippen LogP contribution in [0.2, 0.25) is 0 Å². The molecule has 0 aliphatic carbocycles. The van der Waals surface area contributed by atoms with Crippen LogP contribution < -0.4 is 0 Å². The minimum absolute atomic E-state index is 0.000691. The predicted molar refractivity (Wildman–Crippen MR) is 111 cm³/mol. The highest BCUT2D eigenvalue weighted by atomic mass is 16.6. The monoisotopic (exact) mass is 453 g/mol. The molecule has 0 unspecified atom stereocenters. The molecule has 0 bridgehead atoms. The number of aromatic nitrogens is 3. The van der Waals surface area contributed by atoms with Crippen molar-refractivity contribution in [1.29, 1.82) is 0 Å². The van der Waals surface area contributed by atoms with Gasteiger partial charge in [0.1, 0.15) is 24.0 Å². The van der Waals surface area contributed by atoms with Crippen molar-refractivity contribution in [2.24, 2.45) is 0 Å². The molecule has 11 heteroatoms. The average molecular weight is 453 g/mol. The van der Waals surface area contributed by atoms with Gasteiger partial charge in [0.25, 0.3) is 0 Å². The van der Waals surface area contributed by atoms with Gasteiger partial charge in [-0.15, -0.1) is 5.10 Å². The molecule has 1 N–H and O–H groups in total. The van der Waals surface area contributed by atoms with Crippen molar-refractivity contribution >= 4 is 11.9 Å². The number of carbonyl (C=O) groups is 2. The van der Waals surface area contributed by atoms with Crippen LogP contribution in [0.1, 0.15) is 64.0 Å². The third kappa shape index (κ3) is 6.26. The molecule has 11 nitrogen and oxygen atoms in total. The number of nitrogens with zero attached hydrogens (tertiary/aromatic N) is 3. The van der Waals surface area contributed by atoms with Crippen molar-refractivity contribution in [2.45, 2.75) is 78.3 Å². The Labute approximate surface area is 187 Å². The fourth-order valence-electron chi connectivity index (χ4n) is 3.19. The van der Waals surface area contributed by atoms with Gasteiger partial charge in [0, 0.05) is 5.92 Å². The maximum absolute atomic E-state index is 12.4. The minimum atomic E-state index is -0.930. The van der Waals surface area contributed by atoms with Gasteiger partial charge in [-0.1, -0.05) is 5.21 Å². The zero-order chi connectivity index (χ0) is 23.8. The number of hydrogen-bond donors (Lipinski definition) is 1. The van der Waals surface area contributed by atoms with E-state index in [0.717, 1.165) is 0 Å². The summed E-state index contributed by atoms with van der Waals surface area (Å²) < 4.78 is 29.1. The fraction of sp³-hybridized carbons (Fsp3) is 0.714. The standard InChI is InChI=1S/C21H31N3O8/c1-7-28-16(26)10-9-14-17(21(27)29-8-2)22-23-24(14)20-19(31-13(5)6)18(30-12(3)4)15(11-25)32-20/h12-13,15,18-20,25H,7-8,11H2,1-6H3/t15-,18-,19-,20-/m1/s1. The van der Waals surface area contributed by atoms with Crippen LogP contribution >= 0.6 is 0 Å². The summed E-state index contributed by atoms with van der Waals surface area (Å²) >= 11 is 0. The van der Waals surface area contributed by atoms with E-state index in [1.807, 2.05) is 27.7 Å². The van der Waals surface area contributed by atoms with E-state index < -0.39 is 36.5 Å². The first-order valence-corrected chi connectivity index (χ1v) is 10.6. The van der Waals surface area contributed by atoms with Gasteiger partial charge in [-0.25, -0.2) is 14.3 Å². The summed E-state index contributed by atoms with van der Waals surface area (Å²) in [6.45, 7) is 10.7. The summed E-state index contributed by atoms with van der Waals surface area (Å²) in [4.78, 5) is 24.2. The third-order valence-electron chi connectivity index (χ3n) is 4.29. The summed E-state index contributed by atoms with van der Waals surface area (Å²) in [7, 11) is 0. The van der Waals surface area contributed by atoms with Crippen LogP contribution in [0.15, 0.2) is 0 Å². The van der Waals surface area contributed by atoms with Crippen molar-refractivity contribution in [1.82, 2.24) is 15.0 Å². The second-order valence-corrected chi connectivity index (χ2v) is 7.47. The Bertz CT molecular complexity index is 842. The van der Waals surface area contributed by atoms with Crippen LogP contribution in [0.3, 0.4) is 0 Å². The van der Waals surface area contributed by atoms with Gasteiger partial charge in [-0.2, -0.15) is 0 Å². The molecule has 1 aromatic heterocycles. The van der Waals surface area contributed by atoms with Gasteiger partial charge >= 0.3 is 11.9 Å². The summed E-state index contributed by atoms with van der Waals surface area (Å²) in [6.07, 6.45) is -3.33. The highest BCUT2D eigenvalue weighted by molar-refractivity contribution is 5.92. The molecule has 0 saturated carbocycles. The van der Waals surface area contributed by atoms with Crippen molar-refractivity contribution in [3.63, 3.8) is 0 Å². The van der Waals surface area contributed by atoms with E-state index >= 15 is 0 Å². The molecule has 32 heavy (non-hydrogen) atoms. The van der Waals surface area contributed by atoms with E-state index in [0.29, 0.717) is 0 Å². The highest BCUT2D eigenvalue weighted by Gasteiger charge is 2.49. The molecule has 1 aliphatic rings. The van der Waals surface area contributed by atoms with Gasteiger partial charge < -0.3 is 28.8 Å². The topological polar surface area (TPSA) is 131 Å². The summed E-state index contributed by atoms with van der Waals surface area (Å²) in [5, 5.41) is 17.8. The van der Waals surface area contributed by atoms with Crippen LogP contribution in [0.25, 0.3) is 0 Å². The van der Waals surface area contributed by atoms with E-state index in [-0.39, 0.29) is 43.4 Å². The Kier molecular flexibility index (Phi) is 9.59. The zero-order valence-corrected chi connectivity index (χ0v) is 19.2. The quantitative estimate of drug-likeness (QED) is 0.424. The molecule has 2 rings (SSSR count). The summed E-state index contributed by atoms with van der Waals surface area (Å²) in [5.74, 6) is 3.39. The molecule has 1 aliphatic heterocycles. The minimum Gasteiger partial charge on any atom is -0.461 e. The molecule has 178 valence electrons. The Morgan fingerprint density at radius 3 is 2.28 bits per heavy atom. The van der Waals surface area contributed by atoms with Crippen LogP contribution in [-0.2, 0) is 28.5 Å². The molecule has 1 saturated heterocycles. The SMILES string of the molecule is CCOC(=O)C#Cc1c(C(=O)OCC)nnn1[C@@H]1O[C@H](CO)[C@@H](OC(C)C)[C@H]1OC(C)C. The van der Waals surface area contributed by atoms with Crippen LogP contribution in [0, 0.1) is 11.8 Å². The average Bonchev–Trinajstić information content (AvgIpc) is 3.27. The second kappa shape index (κ2) is 11.9. The predicted octanol–water partition coefficient (Wildman–Crippen LogP) is 0.846. The molecule has 1 aromatic rings. The maximum atomic E-state index is 12.4. The first-order chi connectivity index (χ1) is 15.2. The highest BCUT2D eigenvalue weighted by Crippen LogP contribution is 2.35. The normalized spacial score (nSPS) is 22.7. The van der Waals surface area contributed by atoms with Gasteiger partial charge in [0.15, 0.2) is 6.23 Å². The van der Waals surface area contributed by atoms with Crippen molar-refractivity contribution in [3.8, 4) is 11.8 Å². The molecule has 0 aromatic carbocycles. The molecule has 0 spiro atoms. The molecule has 0 amide bonds. The van der Waals surface area contributed by atoms with Crippen molar-refractivity contribution < 1.29 is 38.4 Å². The number of esters is 2. The van der Waals surface area contributed by atoms with Crippen LogP contribution in [0.4, 0.5) is 0 Å². The number of aliphatic hydroxyl groups excluding tert-OH is 1. The number of aliphatic hydroxyl groups is 1. The van der Waals surface area contributed by atoms with E-state index in [1.165, 1.54) is 4.68 Å². The lowest BCUT2D eigenvalue weighted by molar-refractivity contribution is -0.136. The Balaban J connectivity index is 2.54. The smallest absolute Gasteiger partial charge is 0.384 e. The van der Waals surface area contributed by atoms with Gasteiger partial charge in [-0.3, -0.25) is 0 Å². The van der Waals surface area contributed by atoms with Gasteiger partial charge in [0.05, 0.1) is 32.0 Å². The lowest BCUT2D eigenvalue weighted by Gasteiger charge is -2.27. The molecule has 1 fully saturated rings. The Hall–Kier alpha value is -2.52. The molecular weight excluding hydrogens is 422 g/mol. The van der Waals surface area contributed by atoms with Crippen LogP contribution in [0.5, 0.6) is 0 Å². The van der Waals surface area contributed by atoms with Crippen molar-refractivity contribution in [2.75, 3.05) is 19.8 Å². The summed E-state index contributed by atoms with van der Waals surface area (Å²) in [5.41, 5.74) is -0.176. The first-order valence-electron chi connectivity index (χ1n) is 10.6. The lowest BCUT2D eigenvalue weighted by Crippen LogP contribution is -2.41. The molecule has 0 radical (unpaired) electrons. The number of rotatable bonds is 9. The summed E-state index contributed by atoms with van der Waals surface area (Å²) in [6, 6.07) is 0. The Morgan fingerprint density at radius 2 is 1.72 bits per heavy atom. The number of carbonyl (C=O) groups excluding carboxylic acids is 2. The first kappa shape index (κ1) is 25.7. The number of hydrogen-bond acceptors (Lipinski definition) is 10. The van der Waals surface area contributed by atoms with Gasteiger partial charge in [-0.05, 0) is 47.5 Å². The molecular formula is C21H31N3O8. The third-order valence-corrected chi connectivity index (χ3v) is 4.29. The van der Waals surface area contributed by atoms with Gasteiger partial charge in [0.2, 0.25) is 5.69 Å². The lowest BCUT2D eigenvalue weighted by atomic mass is 10.1. The van der Waals surface area contributed by atoms with Crippen LogP contribution in [-0.4, -0.2) is 82.4 Å². The maximum Gasteiger partial charge on any atom is 0.384 e. The Morgan fingerprint density at radius 1 is 1.09 bits per heavy atom. The largest absolute Gasteiger partial charge is 0.461 e. The molecule has 4 atom stereocenters. The second-order valence-electron chi connectivity index (χ2n) is 7.47. The van der Waals surface area contributed by atoms with E-state index in [9.17, 15) is 14.7 Å². The zero-order valence-electron chi connectivity index (χ0n) is 19.2. The van der Waals surface area contributed by atoms with E-state index in [2.05, 4.69) is 22.2 Å².